The lowest BCUT2D eigenvalue weighted by molar-refractivity contribution is -0.111. The Labute approximate surface area is 156 Å². The number of sulfonamides is 1. The molecule has 1 N–H and O–H groups in total. The van der Waals surface area contributed by atoms with Gasteiger partial charge in [0.1, 0.15) is 0 Å². The zero-order chi connectivity index (χ0) is 18.6. The Morgan fingerprint density at radius 2 is 1.72 bits per heavy atom. The minimum Gasteiger partial charge on any atom is -0.323 e. The van der Waals surface area contributed by atoms with Crippen molar-refractivity contribution in [2.75, 3.05) is 19.4 Å². The van der Waals surface area contributed by atoms with Gasteiger partial charge >= 0.3 is 0 Å². The number of hydrogen-bond donors (Lipinski definition) is 1. The molecule has 2 aromatic carbocycles. The molecule has 0 aromatic heterocycles. The predicted octanol–water partition coefficient (Wildman–Crippen LogP) is 3.90. The molecule has 0 radical (unpaired) electrons. The van der Waals surface area contributed by atoms with E-state index >= 15 is 0 Å². The molecule has 0 bridgehead atoms. The number of carbonyl (C=O) groups is 1. The summed E-state index contributed by atoms with van der Waals surface area (Å²) in [5.41, 5.74) is 1.10. The second-order valence-electron chi connectivity index (χ2n) is 5.30. The molecule has 0 heterocycles. The second-order valence-corrected chi connectivity index (χ2v) is 8.30. The summed E-state index contributed by atoms with van der Waals surface area (Å²) < 4.78 is 25.1. The average Bonchev–Trinajstić information content (AvgIpc) is 2.56. The van der Waals surface area contributed by atoms with Crippen molar-refractivity contribution in [2.24, 2.45) is 0 Å². The van der Waals surface area contributed by atoms with Gasteiger partial charge in [-0.3, -0.25) is 4.79 Å². The molecule has 132 valence electrons. The van der Waals surface area contributed by atoms with Gasteiger partial charge in [0, 0.05) is 35.9 Å². The van der Waals surface area contributed by atoms with Gasteiger partial charge in [0.25, 0.3) is 0 Å². The molecule has 0 saturated carbocycles. The molecular formula is C17H16Cl2N2O3S. The highest BCUT2D eigenvalue weighted by atomic mass is 35.5. The minimum atomic E-state index is -3.50. The van der Waals surface area contributed by atoms with Crippen LogP contribution >= 0.6 is 23.2 Å². The normalized spacial score (nSPS) is 11.9. The smallest absolute Gasteiger partial charge is 0.248 e. The molecular weight excluding hydrogens is 383 g/mol. The van der Waals surface area contributed by atoms with Crippen LogP contribution in [0.25, 0.3) is 6.08 Å². The van der Waals surface area contributed by atoms with E-state index in [0.717, 1.165) is 4.31 Å². The predicted molar refractivity (Wildman–Crippen MR) is 101 cm³/mol. The number of halogens is 2. The number of nitrogens with one attached hydrogen (secondary N) is 1. The molecule has 0 spiro atoms. The van der Waals surface area contributed by atoms with Gasteiger partial charge in [0.05, 0.1) is 4.90 Å². The van der Waals surface area contributed by atoms with E-state index in [9.17, 15) is 13.2 Å². The van der Waals surface area contributed by atoms with Gasteiger partial charge in [-0.25, -0.2) is 12.7 Å². The Kier molecular flexibility index (Phi) is 6.24. The van der Waals surface area contributed by atoms with Crippen LogP contribution in [0.4, 0.5) is 5.69 Å². The molecule has 0 fully saturated rings. The molecule has 1 amide bonds. The molecule has 25 heavy (non-hydrogen) atoms. The lowest BCUT2D eigenvalue weighted by atomic mass is 10.2. The number of anilines is 1. The summed E-state index contributed by atoms with van der Waals surface area (Å²) in [4.78, 5) is 12.1. The maximum Gasteiger partial charge on any atom is 0.248 e. The van der Waals surface area contributed by atoms with Gasteiger partial charge < -0.3 is 5.32 Å². The minimum absolute atomic E-state index is 0.150. The Bertz CT molecular complexity index is 908. The van der Waals surface area contributed by atoms with Gasteiger partial charge in [-0.1, -0.05) is 23.2 Å². The molecule has 0 aliphatic rings. The second kappa shape index (κ2) is 8.01. The zero-order valence-corrected chi connectivity index (χ0v) is 15.9. The van der Waals surface area contributed by atoms with Crippen LogP contribution in [0.2, 0.25) is 10.0 Å². The van der Waals surface area contributed by atoms with Crippen LogP contribution in [0.5, 0.6) is 0 Å². The van der Waals surface area contributed by atoms with Crippen LogP contribution in [0.1, 0.15) is 5.56 Å². The van der Waals surface area contributed by atoms with Gasteiger partial charge in [-0.2, -0.15) is 0 Å². The summed E-state index contributed by atoms with van der Waals surface area (Å²) in [7, 11) is -0.587. The lowest BCUT2D eigenvalue weighted by Gasteiger charge is -2.11. The Hall–Kier alpha value is -1.86. The van der Waals surface area contributed by atoms with Crippen LogP contribution in [-0.2, 0) is 14.8 Å². The highest BCUT2D eigenvalue weighted by Gasteiger charge is 2.16. The maximum absolute atomic E-state index is 12.0. The summed E-state index contributed by atoms with van der Waals surface area (Å²) in [5.74, 6) is -0.376. The van der Waals surface area contributed by atoms with Crippen LogP contribution in [0.3, 0.4) is 0 Å². The molecule has 0 aliphatic heterocycles. The highest BCUT2D eigenvalue weighted by Crippen LogP contribution is 2.22. The molecule has 0 unspecified atom stereocenters. The first-order chi connectivity index (χ1) is 11.7. The summed E-state index contributed by atoms with van der Waals surface area (Å²) >= 11 is 11.9. The maximum atomic E-state index is 12.0. The van der Waals surface area contributed by atoms with Gasteiger partial charge in [0.15, 0.2) is 0 Å². The average molecular weight is 399 g/mol. The van der Waals surface area contributed by atoms with E-state index < -0.39 is 10.0 Å². The van der Waals surface area contributed by atoms with Crippen molar-refractivity contribution < 1.29 is 13.2 Å². The number of rotatable bonds is 5. The van der Waals surface area contributed by atoms with E-state index in [1.54, 1.807) is 24.3 Å². The summed E-state index contributed by atoms with van der Waals surface area (Å²) in [6.45, 7) is 0. The van der Waals surface area contributed by atoms with E-state index in [-0.39, 0.29) is 10.8 Å². The van der Waals surface area contributed by atoms with Gasteiger partial charge in [-0.15, -0.1) is 0 Å². The standard InChI is InChI=1S/C17H16Cl2N2O3S/c1-21(2)25(23,24)15-7-5-14(6-8-15)20-17(22)10-3-12-11-13(18)4-9-16(12)19/h3-11H,1-2H3,(H,20,22)/b10-3+. The number of amides is 1. The third-order valence-electron chi connectivity index (χ3n) is 3.27. The van der Waals surface area contributed by atoms with Crippen molar-refractivity contribution in [3.05, 3.63) is 64.1 Å². The van der Waals surface area contributed by atoms with Crippen molar-refractivity contribution >= 4 is 50.9 Å². The molecule has 5 nitrogen and oxygen atoms in total. The third-order valence-corrected chi connectivity index (χ3v) is 5.68. The Morgan fingerprint density at radius 1 is 1.08 bits per heavy atom. The quantitative estimate of drug-likeness (QED) is 0.776. The molecule has 2 rings (SSSR count). The topological polar surface area (TPSA) is 66.5 Å². The van der Waals surface area contributed by atoms with Crippen molar-refractivity contribution in [3.8, 4) is 0 Å². The van der Waals surface area contributed by atoms with Gasteiger partial charge in [-0.05, 0) is 54.1 Å². The summed E-state index contributed by atoms with van der Waals surface area (Å²) in [5, 5.41) is 3.64. The number of nitrogens with zero attached hydrogens (tertiary/aromatic N) is 1. The molecule has 2 aromatic rings. The number of benzene rings is 2. The van der Waals surface area contributed by atoms with Crippen LogP contribution < -0.4 is 5.32 Å². The first kappa shape index (κ1) is 19.5. The van der Waals surface area contributed by atoms with Crippen molar-refractivity contribution in [2.45, 2.75) is 4.90 Å². The number of carbonyl (C=O) groups excluding carboxylic acids is 1. The highest BCUT2D eigenvalue weighted by molar-refractivity contribution is 7.89. The van der Waals surface area contributed by atoms with Crippen molar-refractivity contribution in [1.82, 2.24) is 4.31 Å². The van der Waals surface area contributed by atoms with E-state index in [2.05, 4.69) is 5.32 Å². The van der Waals surface area contributed by atoms with Crippen molar-refractivity contribution in [1.29, 1.82) is 0 Å². The van der Waals surface area contributed by atoms with Crippen LogP contribution in [0.15, 0.2) is 53.4 Å². The largest absolute Gasteiger partial charge is 0.323 e. The Morgan fingerprint density at radius 3 is 2.32 bits per heavy atom. The van der Waals surface area contributed by atoms with Crippen molar-refractivity contribution in [3.63, 3.8) is 0 Å². The first-order valence-corrected chi connectivity index (χ1v) is 9.36. The van der Waals surface area contributed by atoms with E-state index in [1.165, 1.54) is 44.4 Å². The molecule has 0 saturated heterocycles. The molecule has 0 atom stereocenters. The third kappa shape index (κ3) is 5.06. The van der Waals surface area contributed by atoms with E-state index in [0.29, 0.717) is 21.3 Å². The first-order valence-electron chi connectivity index (χ1n) is 7.17. The Balaban J connectivity index is 2.08. The SMILES string of the molecule is CN(C)S(=O)(=O)c1ccc(NC(=O)/C=C/c2cc(Cl)ccc2Cl)cc1. The molecule has 8 heteroatoms. The molecule has 0 aliphatic carbocycles. The van der Waals surface area contributed by atoms with E-state index in [1.807, 2.05) is 0 Å². The van der Waals surface area contributed by atoms with Crippen LogP contribution in [0, 0.1) is 0 Å². The fraction of sp³-hybridized carbons (Fsp3) is 0.118. The number of hydrogen-bond acceptors (Lipinski definition) is 3. The lowest BCUT2D eigenvalue weighted by Crippen LogP contribution is -2.22. The fourth-order valence-electron chi connectivity index (χ4n) is 1.91. The van der Waals surface area contributed by atoms with E-state index in [4.69, 9.17) is 23.2 Å². The summed E-state index contributed by atoms with van der Waals surface area (Å²) in [6.07, 6.45) is 2.87. The van der Waals surface area contributed by atoms with Crippen LogP contribution in [-0.4, -0.2) is 32.7 Å². The monoisotopic (exact) mass is 398 g/mol. The van der Waals surface area contributed by atoms with Gasteiger partial charge in [0.2, 0.25) is 15.9 Å². The fourth-order valence-corrected chi connectivity index (χ4v) is 3.18. The summed E-state index contributed by atoms with van der Waals surface area (Å²) in [6, 6.07) is 10.9. The zero-order valence-electron chi connectivity index (χ0n) is 13.5.